The normalized spacial score (nSPS) is 11.5. The molecule has 0 unspecified atom stereocenters. The Kier molecular flexibility index (Phi) is 2.80. The van der Waals surface area contributed by atoms with E-state index in [2.05, 4.69) is 0 Å². The number of hydrogen-bond donors (Lipinski definition) is 0. The summed E-state index contributed by atoms with van der Waals surface area (Å²) >= 11 is 0. The standard InChI is InChI=1S/C22H12O3/c23-21-19-11-15-7-3-1-5-13(15)9-17(19)18-10-14-6-2-4-8-16(14)12-20(18)22(24)25-21/h1-12H. The van der Waals surface area contributed by atoms with E-state index in [0.29, 0.717) is 10.8 Å². The van der Waals surface area contributed by atoms with Gasteiger partial charge in [-0.1, -0.05) is 48.5 Å². The van der Waals surface area contributed by atoms with E-state index in [9.17, 15) is 9.59 Å². The molecule has 3 nitrogen and oxygen atoms in total. The molecule has 0 atom stereocenters. The average Bonchev–Trinajstić information content (AvgIpc) is 2.74. The monoisotopic (exact) mass is 324 g/mol. The molecule has 118 valence electrons. The van der Waals surface area contributed by atoms with Crippen molar-refractivity contribution >= 4 is 43.1 Å². The molecule has 0 aliphatic carbocycles. The minimum Gasteiger partial charge on any atom is -0.386 e. The second-order valence-electron chi connectivity index (χ2n) is 6.17. The molecular formula is C22H12O3. The highest BCUT2D eigenvalue weighted by molar-refractivity contribution is 6.13. The first-order chi connectivity index (χ1) is 12.2. The Morgan fingerprint density at radius 2 is 0.800 bits per heavy atom. The highest BCUT2D eigenvalue weighted by Gasteiger charge is 2.10. The van der Waals surface area contributed by atoms with Gasteiger partial charge in [0.2, 0.25) is 0 Å². The number of fused-ring (bicyclic) bond motifs is 5. The maximum absolute atomic E-state index is 12.5. The summed E-state index contributed by atoms with van der Waals surface area (Å²) in [4.78, 5) is 25.0. The fourth-order valence-corrected chi connectivity index (χ4v) is 3.46. The van der Waals surface area contributed by atoms with E-state index in [0.717, 1.165) is 32.3 Å². The van der Waals surface area contributed by atoms with Crippen molar-refractivity contribution in [2.24, 2.45) is 0 Å². The molecule has 25 heavy (non-hydrogen) atoms. The Balaban J connectivity index is 2.15. The van der Waals surface area contributed by atoms with Gasteiger partial charge in [0, 0.05) is 0 Å². The minimum absolute atomic E-state index is 0.418. The number of rotatable bonds is 0. The fraction of sp³-hybridized carbons (Fsp3) is 0. The summed E-state index contributed by atoms with van der Waals surface area (Å²) in [5, 5.41) is 6.21. The van der Waals surface area contributed by atoms with Crippen molar-refractivity contribution in [1.82, 2.24) is 0 Å². The summed E-state index contributed by atoms with van der Waals surface area (Å²) in [6.45, 7) is 0. The van der Waals surface area contributed by atoms with Gasteiger partial charge in [-0.3, -0.25) is 0 Å². The van der Waals surface area contributed by atoms with Crippen LogP contribution < -0.4 is 11.3 Å². The van der Waals surface area contributed by atoms with E-state index in [1.165, 1.54) is 0 Å². The summed E-state index contributed by atoms with van der Waals surface area (Å²) in [5.41, 5.74) is -1.21. The summed E-state index contributed by atoms with van der Waals surface area (Å²) in [7, 11) is 0. The third kappa shape index (κ3) is 2.06. The zero-order valence-electron chi connectivity index (χ0n) is 13.2. The molecule has 1 aromatic heterocycles. The Labute approximate surface area is 141 Å². The lowest BCUT2D eigenvalue weighted by atomic mass is 9.99. The van der Waals surface area contributed by atoms with Crippen molar-refractivity contribution < 1.29 is 4.42 Å². The largest absolute Gasteiger partial charge is 0.386 e. The molecule has 0 spiro atoms. The van der Waals surface area contributed by atoms with E-state index in [1.807, 2.05) is 60.7 Å². The molecule has 0 amide bonds. The van der Waals surface area contributed by atoms with Gasteiger partial charge in [-0.05, 0) is 56.6 Å². The van der Waals surface area contributed by atoms with Crippen molar-refractivity contribution in [3.05, 3.63) is 93.6 Å². The van der Waals surface area contributed by atoms with Crippen LogP contribution in [0.15, 0.2) is 86.8 Å². The second-order valence-corrected chi connectivity index (χ2v) is 6.17. The topological polar surface area (TPSA) is 47.3 Å². The summed E-state index contributed by atoms with van der Waals surface area (Å²) < 4.78 is 5.08. The molecule has 0 N–H and O–H groups in total. The zero-order chi connectivity index (χ0) is 17.0. The second kappa shape index (κ2) is 5.02. The first kappa shape index (κ1) is 13.9. The Morgan fingerprint density at radius 1 is 0.480 bits per heavy atom. The van der Waals surface area contributed by atoms with Gasteiger partial charge < -0.3 is 4.42 Å². The average molecular weight is 324 g/mol. The van der Waals surface area contributed by atoms with Crippen LogP contribution in [0.25, 0.3) is 43.1 Å². The molecule has 3 heteroatoms. The van der Waals surface area contributed by atoms with Crippen LogP contribution in [0, 0.1) is 0 Å². The highest BCUT2D eigenvalue weighted by Crippen LogP contribution is 2.28. The van der Waals surface area contributed by atoms with Crippen LogP contribution in [0.3, 0.4) is 0 Å². The van der Waals surface area contributed by atoms with E-state index < -0.39 is 11.3 Å². The minimum atomic E-state index is -0.606. The molecule has 0 fully saturated rings. The number of benzene rings is 4. The van der Waals surface area contributed by atoms with Gasteiger partial charge in [0.15, 0.2) is 0 Å². The van der Waals surface area contributed by atoms with Gasteiger partial charge in [0.1, 0.15) is 0 Å². The van der Waals surface area contributed by atoms with Crippen LogP contribution in [-0.4, -0.2) is 0 Å². The fourth-order valence-electron chi connectivity index (χ4n) is 3.46. The van der Waals surface area contributed by atoms with Gasteiger partial charge in [-0.2, -0.15) is 0 Å². The third-order valence-corrected chi connectivity index (χ3v) is 4.69. The van der Waals surface area contributed by atoms with Crippen LogP contribution in [0.2, 0.25) is 0 Å². The van der Waals surface area contributed by atoms with Crippen LogP contribution in [0.5, 0.6) is 0 Å². The Morgan fingerprint density at radius 3 is 1.16 bits per heavy atom. The van der Waals surface area contributed by atoms with Gasteiger partial charge in [0.05, 0.1) is 10.8 Å². The molecule has 0 saturated heterocycles. The number of hydrogen-bond acceptors (Lipinski definition) is 3. The highest BCUT2D eigenvalue weighted by atomic mass is 16.4. The van der Waals surface area contributed by atoms with Gasteiger partial charge in [-0.25, -0.2) is 9.59 Å². The predicted octanol–water partition coefficient (Wildman–Crippen LogP) is 4.61. The summed E-state index contributed by atoms with van der Waals surface area (Å²) in [6, 6.07) is 23.1. The van der Waals surface area contributed by atoms with E-state index in [4.69, 9.17) is 4.42 Å². The molecule has 5 rings (SSSR count). The molecule has 1 heterocycles. The summed E-state index contributed by atoms with van der Waals surface area (Å²) in [5.74, 6) is 0. The lowest BCUT2D eigenvalue weighted by Crippen LogP contribution is -2.04. The Hall–Kier alpha value is -3.46. The van der Waals surface area contributed by atoms with Crippen LogP contribution in [0.1, 0.15) is 0 Å². The van der Waals surface area contributed by atoms with E-state index in [1.54, 1.807) is 12.1 Å². The third-order valence-electron chi connectivity index (χ3n) is 4.69. The van der Waals surface area contributed by atoms with E-state index in [-0.39, 0.29) is 0 Å². The van der Waals surface area contributed by atoms with Crippen LogP contribution in [0.4, 0.5) is 0 Å². The molecule has 0 bridgehead atoms. The molecule has 4 aromatic carbocycles. The lowest BCUT2D eigenvalue weighted by molar-refractivity contribution is 0.491. The Bertz CT molecular complexity index is 1320. The maximum Gasteiger partial charge on any atom is 0.346 e. The van der Waals surface area contributed by atoms with Crippen molar-refractivity contribution in [2.45, 2.75) is 0 Å². The predicted molar refractivity (Wildman–Crippen MR) is 101 cm³/mol. The first-order valence-electron chi connectivity index (χ1n) is 8.03. The smallest absolute Gasteiger partial charge is 0.346 e. The van der Waals surface area contributed by atoms with Gasteiger partial charge in [-0.15, -0.1) is 0 Å². The molecule has 0 aliphatic rings. The molecule has 5 aromatic rings. The van der Waals surface area contributed by atoms with Crippen molar-refractivity contribution in [1.29, 1.82) is 0 Å². The maximum atomic E-state index is 12.5. The molecular weight excluding hydrogens is 312 g/mol. The first-order valence-corrected chi connectivity index (χ1v) is 8.03. The van der Waals surface area contributed by atoms with Crippen molar-refractivity contribution in [2.75, 3.05) is 0 Å². The van der Waals surface area contributed by atoms with Gasteiger partial charge in [0.25, 0.3) is 0 Å². The lowest BCUT2D eigenvalue weighted by Gasteiger charge is -2.03. The van der Waals surface area contributed by atoms with Crippen LogP contribution in [-0.2, 0) is 0 Å². The molecule has 0 saturated carbocycles. The van der Waals surface area contributed by atoms with Crippen molar-refractivity contribution in [3.63, 3.8) is 0 Å². The summed E-state index contributed by atoms with van der Waals surface area (Å²) in [6.07, 6.45) is 0. The van der Waals surface area contributed by atoms with Crippen molar-refractivity contribution in [3.8, 4) is 0 Å². The zero-order valence-corrected chi connectivity index (χ0v) is 13.2. The van der Waals surface area contributed by atoms with Crippen LogP contribution >= 0.6 is 0 Å². The van der Waals surface area contributed by atoms with E-state index >= 15 is 0 Å². The quantitative estimate of drug-likeness (QED) is 0.418. The SMILES string of the molecule is O=c1oc(=O)c2cc3ccccc3cc2c2cc3ccccc3cc12. The molecule has 0 radical (unpaired) electrons. The molecule has 0 aliphatic heterocycles. The van der Waals surface area contributed by atoms with Gasteiger partial charge >= 0.3 is 11.3 Å².